The zero-order chi connectivity index (χ0) is 34.8. The normalized spacial score (nSPS) is 11.9. The maximum Gasteiger partial charge on any atom is 0.272 e. The van der Waals surface area contributed by atoms with Gasteiger partial charge in [0, 0.05) is 21.8 Å². The number of para-hydroxylation sites is 1. The Morgan fingerprint density at radius 2 is 1.41 bits per heavy atom. The molecule has 5 rings (SSSR count). The van der Waals surface area contributed by atoms with Crippen molar-refractivity contribution in [3.05, 3.63) is 166 Å². The van der Waals surface area contributed by atoms with Gasteiger partial charge in [0.2, 0.25) is 5.91 Å². The summed E-state index contributed by atoms with van der Waals surface area (Å²) >= 11 is 1.40. The van der Waals surface area contributed by atoms with Crippen LogP contribution in [0.5, 0.6) is 0 Å². The number of anilines is 2. The number of nitrogens with one attached hydrogen (secondary N) is 3. The highest BCUT2D eigenvalue weighted by molar-refractivity contribution is 8.00. The van der Waals surface area contributed by atoms with Crippen molar-refractivity contribution in [2.75, 3.05) is 10.6 Å². The monoisotopic (exact) mass is 667 g/mol. The Morgan fingerprint density at radius 3 is 2.08 bits per heavy atom. The second-order valence-electron chi connectivity index (χ2n) is 12.0. The van der Waals surface area contributed by atoms with Crippen LogP contribution < -0.4 is 16.0 Å². The average molecular weight is 668 g/mol. The summed E-state index contributed by atoms with van der Waals surface area (Å²) in [6.07, 6.45) is 2.47. The van der Waals surface area contributed by atoms with Gasteiger partial charge in [-0.3, -0.25) is 14.4 Å². The van der Waals surface area contributed by atoms with Crippen molar-refractivity contribution >= 4 is 46.9 Å². The molecule has 7 heteroatoms. The summed E-state index contributed by atoms with van der Waals surface area (Å²) in [5.74, 6) is -0.621. The number of hydrogen-bond donors (Lipinski definition) is 3. The van der Waals surface area contributed by atoms with Crippen LogP contribution >= 0.6 is 11.8 Å². The molecule has 3 N–H and O–H groups in total. The minimum atomic E-state index is -0.550. The predicted molar refractivity (Wildman–Crippen MR) is 202 cm³/mol. The minimum Gasteiger partial charge on any atom is -0.324 e. The lowest BCUT2D eigenvalue weighted by molar-refractivity contribution is -0.116. The van der Waals surface area contributed by atoms with E-state index in [0.29, 0.717) is 17.2 Å². The fraction of sp³-hybridized carbons (Fsp3) is 0.167. The molecule has 0 aliphatic heterocycles. The third-order valence-corrected chi connectivity index (χ3v) is 9.37. The van der Waals surface area contributed by atoms with E-state index in [1.807, 2.05) is 104 Å². The van der Waals surface area contributed by atoms with E-state index >= 15 is 0 Å². The van der Waals surface area contributed by atoms with Gasteiger partial charge in [-0.25, -0.2) is 0 Å². The Kier molecular flexibility index (Phi) is 11.8. The van der Waals surface area contributed by atoms with Crippen LogP contribution in [0, 0.1) is 6.92 Å². The first-order valence-electron chi connectivity index (χ1n) is 16.4. The molecule has 0 spiro atoms. The summed E-state index contributed by atoms with van der Waals surface area (Å²) < 4.78 is 0. The van der Waals surface area contributed by atoms with E-state index in [1.165, 1.54) is 17.3 Å². The van der Waals surface area contributed by atoms with E-state index in [1.54, 1.807) is 36.4 Å². The van der Waals surface area contributed by atoms with Crippen LogP contribution in [0.25, 0.3) is 6.08 Å². The molecular weight excluding hydrogens is 627 g/mol. The number of hydrogen-bond acceptors (Lipinski definition) is 4. The number of amides is 3. The van der Waals surface area contributed by atoms with Gasteiger partial charge in [-0.05, 0) is 83.5 Å². The maximum atomic E-state index is 13.9. The van der Waals surface area contributed by atoms with Gasteiger partial charge in [0.25, 0.3) is 11.8 Å². The van der Waals surface area contributed by atoms with E-state index in [9.17, 15) is 14.4 Å². The Morgan fingerprint density at radius 1 is 0.735 bits per heavy atom. The fourth-order valence-corrected chi connectivity index (χ4v) is 6.44. The number of benzene rings is 5. The number of aryl methyl sites for hydroxylation is 2. The van der Waals surface area contributed by atoms with Crippen molar-refractivity contribution in [1.82, 2.24) is 5.32 Å². The number of carbonyl (C=O) groups is 3. The first-order valence-corrected chi connectivity index (χ1v) is 17.3. The molecule has 0 bridgehead atoms. The van der Waals surface area contributed by atoms with Gasteiger partial charge in [0.05, 0.1) is 0 Å². The lowest BCUT2D eigenvalue weighted by atomic mass is 10.0. The predicted octanol–water partition coefficient (Wildman–Crippen LogP) is 9.56. The first-order chi connectivity index (χ1) is 23.7. The zero-order valence-electron chi connectivity index (χ0n) is 28.2. The van der Waals surface area contributed by atoms with Crippen LogP contribution in [0.2, 0.25) is 0 Å². The van der Waals surface area contributed by atoms with Crippen LogP contribution in [-0.4, -0.2) is 17.7 Å². The smallest absolute Gasteiger partial charge is 0.272 e. The molecule has 1 unspecified atom stereocenters. The van der Waals surface area contributed by atoms with Crippen molar-refractivity contribution in [3.63, 3.8) is 0 Å². The number of carbonyl (C=O) groups excluding carboxylic acids is 3. The van der Waals surface area contributed by atoms with E-state index in [4.69, 9.17) is 0 Å². The largest absolute Gasteiger partial charge is 0.324 e. The Balaban J connectivity index is 1.39. The molecule has 0 radical (unpaired) electrons. The molecule has 248 valence electrons. The second kappa shape index (κ2) is 16.6. The van der Waals surface area contributed by atoms with Gasteiger partial charge in [0.15, 0.2) is 0 Å². The van der Waals surface area contributed by atoms with Crippen LogP contribution in [0.1, 0.15) is 70.1 Å². The minimum absolute atomic E-state index is 0.107. The molecule has 6 nitrogen and oxygen atoms in total. The van der Waals surface area contributed by atoms with E-state index in [-0.39, 0.29) is 17.5 Å². The molecule has 0 aliphatic rings. The quantitative estimate of drug-likeness (QED) is 0.0914. The van der Waals surface area contributed by atoms with E-state index < -0.39 is 11.2 Å². The van der Waals surface area contributed by atoms with Crippen LogP contribution in [-0.2, 0) is 16.0 Å². The summed E-state index contributed by atoms with van der Waals surface area (Å²) in [6.45, 7) is 8.31. The van der Waals surface area contributed by atoms with Gasteiger partial charge in [0.1, 0.15) is 10.9 Å². The van der Waals surface area contributed by atoms with E-state index in [0.717, 1.165) is 39.3 Å². The van der Waals surface area contributed by atoms with Gasteiger partial charge in [-0.1, -0.05) is 118 Å². The summed E-state index contributed by atoms with van der Waals surface area (Å²) in [6, 6.07) is 39.8. The number of rotatable bonds is 12. The Labute approximate surface area is 293 Å². The van der Waals surface area contributed by atoms with Crippen LogP contribution in [0.4, 0.5) is 11.4 Å². The Bertz CT molecular complexity index is 1940. The van der Waals surface area contributed by atoms with Crippen molar-refractivity contribution in [1.29, 1.82) is 0 Å². The molecule has 3 amide bonds. The maximum absolute atomic E-state index is 13.9. The lowest BCUT2D eigenvalue weighted by Gasteiger charge is -2.20. The molecular formula is C42H41N3O3S. The van der Waals surface area contributed by atoms with Crippen LogP contribution in [0.3, 0.4) is 0 Å². The van der Waals surface area contributed by atoms with Crippen LogP contribution in [0.15, 0.2) is 138 Å². The molecule has 5 aromatic carbocycles. The summed E-state index contributed by atoms with van der Waals surface area (Å²) in [4.78, 5) is 41.6. The highest BCUT2D eigenvalue weighted by atomic mass is 32.2. The molecule has 0 aliphatic carbocycles. The average Bonchev–Trinajstić information content (AvgIpc) is 3.12. The molecule has 1 atom stereocenters. The highest BCUT2D eigenvalue weighted by Crippen LogP contribution is 2.38. The first kappa shape index (κ1) is 34.9. The van der Waals surface area contributed by atoms with E-state index in [2.05, 4.69) is 36.7 Å². The molecule has 0 saturated heterocycles. The molecule has 0 heterocycles. The summed E-state index contributed by atoms with van der Waals surface area (Å²) in [5.41, 5.74) is 6.83. The van der Waals surface area contributed by atoms with Crippen molar-refractivity contribution in [2.24, 2.45) is 0 Å². The van der Waals surface area contributed by atoms with Gasteiger partial charge >= 0.3 is 0 Å². The van der Waals surface area contributed by atoms with Gasteiger partial charge in [-0.2, -0.15) is 0 Å². The topological polar surface area (TPSA) is 87.3 Å². The zero-order valence-corrected chi connectivity index (χ0v) is 29.0. The summed E-state index contributed by atoms with van der Waals surface area (Å²) in [7, 11) is 0. The molecule has 5 aromatic rings. The summed E-state index contributed by atoms with van der Waals surface area (Å²) in [5, 5.41) is 8.42. The SMILES string of the molecule is CCc1cccc(C)c1NC(=O)C(Sc1cccc(NC(=O)/C(=C\c2ccc(C(C)C)cc2)NC(=O)c2ccccc2)c1)c1ccccc1. The fourth-order valence-electron chi connectivity index (χ4n) is 5.36. The Hall–Kier alpha value is -5.40. The standard InChI is InChI=1S/C42H41N3O3S/c1-5-31-19-12-14-29(4)38(31)45-42(48)39(33-15-8-6-9-16-33)49-36-21-13-20-35(27-36)43-41(47)37(44-40(46)34-17-10-7-11-18-34)26-30-22-24-32(25-23-30)28(2)3/h6-28,39H,5H2,1-4H3,(H,43,47)(H,44,46)(H,45,48)/b37-26+. The molecule has 0 saturated carbocycles. The van der Waals surface area contributed by atoms with Crippen molar-refractivity contribution in [3.8, 4) is 0 Å². The lowest BCUT2D eigenvalue weighted by Crippen LogP contribution is -2.30. The highest BCUT2D eigenvalue weighted by Gasteiger charge is 2.24. The number of thioether (sulfide) groups is 1. The molecule has 0 fully saturated rings. The second-order valence-corrected chi connectivity index (χ2v) is 13.2. The third kappa shape index (κ3) is 9.36. The van der Waals surface area contributed by atoms with Crippen molar-refractivity contribution in [2.45, 2.75) is 50.2 Å². The van der Waals surface area contributed by atoms with Gasteiger partial charge < -0.3 is 16.0 Å². The molecule has 0 aromatic heterocycles. The third-order valence-electron chi connectivity index (χ3n) is 8.12. The molecule has 49 heavy (non-hydrogen) atoms. The van der Waals surface area contributed by atoms with Gasteiger partial charge in [-0.15, -0.1) is 11.8 Å². The van der Waals surface area contributed by atoms with Crippen molar-refractivity contribution < 1.29 is 14.4 Å².